The Kier molecular flexibility index (Phi) is 7.58. The van der Waals surface area contributed by atoms with E-state index in [1.54, 1.807) is 20.8 Å². The molecule has 0 aromatic rings. The first-order valence-electron chi connectivity index (χ1n) is 8.12. The molecule has 0 aromatic heterocycles. The van der Waals surface area contributed by atoms with Crippen LogP contribution in [-0.4, -0.2) is 53.2 Å². The number of carbonyl (C=O) groups excluding carboxylic acids is 2. The number of piperidine rings is 1. The quantitative estimate of drug-likeness (QED) is 0.774. The summed E-state index contributed by atoms with van der Waals surface area (Å²) in [5.74, 6) is -0.134. The zero-order valence-corrected chi connectivity index (χ0v) is 15.2. The number of nitrogens with zero attached hydrogens (tertiary/aromatic N) is 1. The van der Waals surface area contributed by atoms with Crippen molar-refractivity contribution in [3.63, 3.8) is 0 Å². The Bertz CT molecular complexity index is 413. The molecule has 1 N–H and O–H groups in total. The molecule has 5 nitrogen and oxygen atoms in total. The average Bonchev–Trinajstić information content (AvgIpc) is 2.35. The van der Waals surface area contributed by atoms with Gasteiger partial charge in [-0.3, -0.25) is 4.79 Å². The summed E-state index contributed by atoms with van der Waals surface area (Å²) in [6.45, 7) is 7.45. The Morgan fingerprint density at radius 1 is 1.39 bits per heavy atom. The molecular weight excluding hydrogens is 323 g/mol. The third-order valence-corrected chi connectivity index (χ3v) is 3.64. The van der Waals surface area contributed by atoms with Gasteiger partial charge < -0.3 is 15.0 Å². The van der Waals surface area contributed by atoms with E-state index in [-0.39, 0.29) is 36.8 Å². The number of hydrogen-bond acceptors (Lipinski definition) is 3. The lowest BCUT2D eigenvalue weighted by Gasteiger charge is -2.36. The summed E-state index contributed by atoms with van der Waals surface area (Å²) in [5, 5.41) is 2.84. The second kappa shape index (κ2) is 8.71. The summed E-state index contributed by atoms with van der Waals surface area (Å²) in [6.07, 6.45) is 0.320. The number of ether oxygens (including phenoxy) is 1. The summed E-state index contributed by atoms with van der Waals surface area (Å²) in [5.41, 5.74) is -0.628. The minimum atomic E-state index is -1.16. The van der Waals surface area contributed by atoms with Crippen LogP contribution in [0.25, 0.3) is 0 Å². The Morgan fingerprint density at radius 2 is 2.04 bits per heavy atom. The lowest BCUT2D eigenvalue weighted by Crippen LogP contribution is -2.54. The first kappa shape index (κ1) is 20.0. The van der Waals surface area contributed by atoms with Crippen molar-refractivity contribution in [1.29, 1.82) is 0 Å². The summed E-state index contributed by atoms with van der Waals surface area (Å²) < 4.78 is 19.1. The Hall–Kier alpha value is -1.04. The summed E-state index contributed by atoms with van der Waals surface area (Å²) >= 11 is 5.84. The van der Waals surface area contributed by atoms with E-state index in [0.717, 1.165) is 6.42 Å². The highest BCUT2D eigenvalue weighted by Crippen LogP contribution is 2.18. The molecule has 3 atom stereocenters. The van der Waals surface area contributed by atoms with Crippen LogP contribution in [0.1, 0.15) is 53.4 Å². The fourth-order valence-electron chi connectivity index (χ4n) is 2.46. The molecule has 134 valence electrons. The van der Waals surface area contributed by atoms with E-state index in [0.29, 0.717) is 12.8 Å². The molecule has 0 radical (unpaired) electrons. The normalized spacial score (nSPS) is 23.3. The van der Waals surface area contributed by atoms with Crippen LogP contribution in [0.3, 0.4) is 0 Å². The third kappa shape index (κ3) is 8.39. The predicted octanol–water partition coefficient (Wildman–Crippen LogP) is 3.25. The largest absolute Gasteiger partial charge is 0.444 e. The van der Waals surface area contributed by atoms with Gasteiger partial charge in [0.25, 0.3) is 0 Å². The van der Waals surface area contributed by atoms with E-state index in [1.807, 2.05) is 6.92 Å². The summed E-state index contributed by atoms with van der Waals surface area (Å²) in [4.78, 5) is 25.3. The van der Waals surface area contributed by atoms with Gasteiger partial charge in [0.15, 0.2) is 0 Å². The van der Waals surface area contributed by atoms with Crippen LogP contribution in [0.15, 0.2) is 0 Å². The van der Waals surface area contributed by atoms with Gasteiger partial charge in [-0.05, 0) is 40.5 Å². The molecule has 1 rings (SSSR count). The highest BCUT2D eigenvalue weighted by Gasteiger charge is 2.33. The van der Waals surface area contributed by atoms with Gasteiger partial charge in [0.2, 0.25) is 5.91 Å². The van der Waals surface area contributed by atoms with Crippen molar-refractivity contribution in [3.8, 4) is 0 Å². The Labute approximate surface area is 142 Å². The van der Waals surface area contributed by atoms with Gasteiger partial charge in [-0.1, -0.05) is 0 Å². The SMILES string of the molecule is CC(Cl)CCCC(=O)N[C@H]1C[C@H](F)CN(C(=O)OC(C)(C)C)C1. The van der Waals surface area contributed by atoms with Gasteiger partial charge in [-0.25, -0.2) is 9.18 Å². The molecule has 1 saturated heterocycles. The van der Waals surface area contributed by atoms with E-state index in [1.165, 1.54) is 4.90 Å². The van der Waals surface area contributed by atoms with Gasteiger partial charge in [0.05, 0.1) is 6.54 Å². The minimum absolute atomic E-state index is 0.00501. The fraction of sp³-hybridized carbons (Fsp3) is 0.875. The number of amides is 2. The lowest BCUT2D eigenvalue weighted by molar-refractivity contribution is -0.122. The van der Waals surface area contributed by atoms with Crippen molar-refractivity contribution in [3.05, 3.63) is 0 Å². The van der Waals surface area contributed by atoms with Crippen molar-refractivity contribution in [2.45, 2.75) is 76.6 Å². The van der Waals surface area contributed by atoms with Gasteiger partial charge in [0, 0.05) is 30.8 Å². The molecule has 0 aromatic carbocycles. The van der Waals surface area contributed by atoms with Crippen molar-refractivity contribution in [1.82, 2.24) is 10.2 Å². The van der Waals surface area contributed by atoms with Gasteiger partial charge in [0.1, 0.15) is 11.8 Å². The first-order valence-corrected chi connectivity index (χ1v) is 8.56. The van der Waals surface area contributed by atoms with Crippen LogP contribution < -0.4 is 5.32 Å². The maximum Gasteiger partial charge on any atom is 0.410 e. The number of rotatable bonds is 5. The standard InChI is InChI=1S/C16H28ClFN2O3/c1-11(17)6-5-7-14(21)19-13-8-12(18)9-20(10-13)15(22)23-16(2,3)4/h11-13H,5-10H2,1-4H3,(H,19,21)/t11?,12-,13-/m0/s1. The Morgan fingerprint density at radius 3 is 2.61 bits per heavy atom. The Balaban J connectivity index is 2.47. The number of carbonyl (C=O) groups is 2. The molecule has 2 amide bonds. The van der Waals surface area contributed by atoms with Crippen molar-refractivity contribution in [2.75, 3.05) is 13.1 Å². The maximum absolute atomic E-state index is 13.9. The maximum atomic E-state index is 13.9. The topological polar surface area (TPSA) is 58.6 Å². The van der Waals surface area contributed by atoms with Crippen LogP contribution in [0.2, 0.25) is 0 Å². The molecule has 0 spiro atoms. The van der Waals surface area contributed by atoms with Crippen LogP contribution >= 0.6 is 11.6 Å². The minimum Gasteiger partial charge on any atom is -0.444 e. The van der Waals surface area contributed by atoms with E-state index in [2.05, 4.69) is 5.32 Å². The molecular formula is C16H28ClFN2O3. The predicted molar refractivity (Wildman–Crippen MR) is 88.4 cm³/mol. The van der Waals surface area contributed by atoms with Crippen LogP contribution in [0.4, 0.5) is 9.18 Å². The molecule has 0 aliphatic carbocycles. The van der Waals surface area contributed by atoms with Gasteiger partial charge >= 0.3 is 6.09 Å². The molecule has 1 aliphatic heterocycles. The zero-order valence-electron chi connectivity index (χ0n) is 14.4. The zero-order chi connectivity index (χ0) is 17.6. The number of nitrogens with one attached hydrogen (secondary N) is 1. The van der Waals surface area contributed by atoms with Crippen LogP contribution in [0, 0.1) is 0 Å². The first-order chi connectivity index (χ1) is 10.6. The smallest absolute Gasteiger partial charge is 0.410 e. The monoisotopic (exact) mass is 350 g/mol. The van der Waals surface area contributed by atoms with Crippen LogP contribution in [-0.2, 0) is 9.53 Å². The molecule has 0 saturated carbocycles. The summed E-state index contributed by atoms with van der Waals surface area (Å²) in [6, 6.07) is -0.382. The highest BCUT2D eigenvalue weighted by molar-refractivity contribution is 6.20. The number of alkyl halides is 2. The van der Waals surface area contributed by atoms with E-state index in [4.69, 9.17) is 16.3 Å². The molecule has 23 heavy (non-hydrogen) atoms. The van der Waals surface area contributed by atoms with Gasteiger partial charge in [-0.15, -0.1) is 11.6 Å². The van der Waals surface area contributed by atoms with E-state index in [9.17, 15) is 14.0 Å². The highest BCUT2D eigenvalue weighted by atomic mass is 35.5. The number of likely N-dealkylation sites (tertiary alicyclic amines) is 1. The van der Waals surface area contributed by atoms with Crippen molar-refractivity contribution < 1.29 is 18.7 Å². The summed E-state index contributed by atoms with van der Waals surface area (Å²) in [7, 11) is 0. The fourth-order valence-corrected chi connectivity index (χ4v) is 2.62. The number of halogens is 2. The van der Waals surface area contributed by atoms with Gasteiger partial charge in [-0.2, -0.15) is 0 Å². The van der Waals surface area contributed by atoms with E-state index >= 15 is 0 Å². The van der Waals surface area contributed by atoms with Crippen LogP contribution in [0.5, 0.6) is 0 Å². The third-order valence-electron chi connectivity index (χ3n) is 3.42. The molecule has 1 aliphatic rings. The lowest BCUT2D eigenvalue weighted by atomic mass is 10.0. The number of hydrogen-bond donors (Lipinski definition) is 1. The second-order valence-corrected chi connectivity index (χ2v) is 7.90. The molecule has 7 heteroatoms. The van der Waals surface area contributed by atoms with Crippen molar-refractivity contribution >= 4 is 23.6 Å². The van der Waals surface area contributed by atoms with Crippen molar-refractivity contribution in [2.24, 2.45) is 0 Å². The molecule has 1 heterocycles. The molecule has 1 fully saturated rings. The molecule has 0 bridgehead atoms. The molecule has 1 unspecified atom stereocenters. The van der Waals surface area contributed by atoms with E-state index < -0.39 is 17.9 Å². The second-order valence-electron chi connectivity index (χ2n) is 7.16. The average molecular weight is 351 g/mol.